The number of anilines is 1. The molecule has 0 fully saturated rings. The Hall–Kier alpha value is -2.96. The molecule has 0 atom stereocenters. The van der Waals surface area contributed by atoms with Crippen molar-refractivity contribution >= 4 is 17.5 Å². The summed E-state index contributed by atoms with van der Waals surface area (Å²) in [6.07, 6.45) is 4.49. The summed E-state index contributed by atoms with van der Waals surface area (Å²) in [5, 5.41) is 8.87. The van der Waals surface area contributed by atoms with Crippen LogP contribution in [-0.2, 0) is 9.59 Å². The molecule has 0 radical (unpaired) electrons. The third-order valence-electron chi connectivity index (χ3n) is 2.42. The van der Waals surface area contributed by atoms with E-state index in [9.17, 15) is 9.59 Å². The predicted octanol–water partition coefficient (Wildman–Crippen LogP) is 0.508. The first kappa shape index (κ1) is 13.5. The minimum absolute atomic E-state index is 0.248. The van der Waals surface area contributed by atoms with Gasteiger partial charge in [0, 0.05) is 12.2 Å². The lowest BCUT2D eigenvalue weighted by Crippen LogP contribution is -2.35. The molecule has 0 aliphatic carbocycles. The molecule has 0 aliphatic heterocycles. The molecule has 7 heteroatoms. The Bertz CT molecular complexity index is 604. The second-order valence-corrected chi connectivity index (χ2v) is 3.84. The van der Waals surface area contributed by atoms with Gasteiger partial charge in [0.05, 0.1) is 5.69 Å². The van der Waals surface area contributed by atoms with Gasteiger partial charge in [0.2, 0.25) is 0 Å². The maximum absolute atomic E-state index is 11.5. The molecule has 1 heterocycles. The first-order valence-electron chi connectivity index (χ1n) is 5.86. The first-order chi connectivity index (χ1) is 9.70. The van der Waals surface area contributed by atoms with E-state index in [4.69, 9.17) is 0 Å². The van der Waals surface area contributed by atoms with Crippen LogP contribution in [0.1, 0.15) is 0 Å². The van der Waals surface area contributed by atoms with Gasteiger partial charge in [-0.2, -0.15) is 5.10 Å². The standard InChI is InChI=1S/C13H13N5O2/c1-2-7-15-12(19)13(20)17-10-3-5-11(6-4-10)18-9-14-8-16-18/h2-6,8-9H,1,7H2,(H,15,19)(H,17,20). The van der Waals surface area contributed by atoms with Crippen molar-refractivity contribution in [3.8, 4) is 5.69 Å². The van der Waals surface area contributed by atoms with Crippen molar-refractivity contribution in [3.63, 3.8) is 0 Å². The van der Waals surface area contributed by atoms with Gasteiger partial charge in [-0.15, -0.1) is 6.58 Å². The van der Waals surface area contributed by atoms with Crippen molar-refractivity contribution in [2.45, 2.75) is 0 Å². The predicted molar refractivity (Wildman–Crippen MR) is 73.2 cm³/mol. The van der Waals surface area contributed by atoms with E-state index in [1.54, 1.807) is 35.3 Å². The van der Waals surface area contributed by atoms with Gasteiger partial charge in [0.1, 0.15) is 12.7 Å². The van der Waals surface area contributed by atoms with Crippen molar-refractivity contribution < 1.29 is 9.59 Å². The fourth-order valence-corrected chi connectivity index (χ4v) is 1.47. The van der Waals surface area contributed by atoms with E-state index in [1.165, 1.54) is 12.4 Å². The Morgan fingerprint density at radius 3 is 2.60 bits per heavy atom. The van der Waals surface area contributed by atoms with Gasteiger partial charge in [-0.25, -0.2) is 9.67 Å². The number of hydrogen-bond donors (Lipinski definition) is 2. The van der Waals surface area contributed by atoms with Crippen LogP contribution >= 0.6 is 0 Å². The molecule has 0 saturated heterocycles. The summed E-state index contributed by atoms with van der Waals surface area (Å²) in [5.74, 6) is -1.43. The van der Waals surface area contributed by atoms with Gasteiger partial charge in [0.25, 0.3) is 0 Å². The van der Waals surface area contributed by atoms with Crippen molar-refractivity contribution in [3.05, 3.63) is 49.6 Å². The highest BCUT2D eigenvalue weighted by atomic mass is 16.2. The topological polar surface area (TPSA) is 88.9 Å². The third-order valence-corrected chi connectivity index (χ3v) is 2.42. The lowest BCUT2D eigenvalue weighted by Gasteiger charge is -2.06. The Balaban J connectivity index is 1.98. The zero-order valence-corrected chi connectivity index (χ0v) is 10.6. The lowest BCUT2D eigenvalue weighted by molar-refractivity contribution is -0.136. The van der Waals surface area contributed by atoms with Crippen LogP contribution in [0.4, 0.5) is 5.69 Å². The Morgan fingerprint density at radius 1 is 1.25 bits per heavy atom. The molecule has 1 aromatic carbocycles. The zero-order chi connectivity index (χ0) is 14.4. The molecule has 1 aromatic heterocycles. The smallest absolute Gasteiger partial charge is 0.313 e. The van der Waals surface area contributed by atoms with Gasteiger partial charge in [-0.3, -0.25) is 9.59 Å². The molecule has 7 nitrogen and oxygen atoms in total. The molecule has 20 heavy (non-hydrogen) atoms. The summed E-state index contributed by atoms with van der Waals surface area (Å²) in [6.45, 7) is 3.70. The van der Waals surface area contributed by atoms with E-state index in [-0.39, 0.29) is 6.54 Å². The van der Waals surface area contributed by atoms with E-state index in [1.807, 2.05) is 0 Å². The highest BCUT2D eigenvalue weighted by Gasteiger charge is 2.12. The highest BCUT2D eigenvalue weighted by Crippen LogP contribution is 2.11. The van der Waals surface area contributed by atoms with E-state index in [0.29, 0.717) is 5.69 Å². The second-order valence-electron chi connectivity index (χ2n) is 3.84. The fourth-order valence-electron chi connectivity index (χ4n) is 1.47. The summed E-state index contributed by atoms with van der Waals surface area (Å²) in [5.41, 5.74) is 1.32. The van der Waals surface area contributed by atoms with Crippen LogP contribution in [0, 0.1) is 0 Å². The summed E-state index contributed by atoms with van der Waals surface area (Å²) in [4.78, 5) is 26.8. The summed E-state index contributed by atoms with van der Waals surface area (Å²) in [7, 11) is 0. The molecule has 102 valence electrons. The number of nitrogens with zero attached hydrogens (tertiary/aromatic N) is 3. The van der Waals surface area contributed by atoms with Gasteiger partial charge in [-0.05, 0) is 24.3 Å². The largest absolute Gasteiger partial charge is 0.344 e. The average Bonchev–Trinajstić information content (AvgIpc) is 2.99. The quantitative estimate of drug-likeness (QED) is 0.626. The van der Waals surface area contributed by atoms with Gasteiger partial charge in [0.15, 0.2) is 0 Å². The van der Waals surface area contributed by atoms with Crippen LogP contribution < -0.4 is 10.6 Å². The van der Waals surface area contributed by atoms with Gasteiger partial charge >= 0.3 is 11.8 Å². The molecule has 0 spiro atoms. The molecule has 0 bridgehead atoms. The van der Waals surface area contributed by atoms with Crippen LogP contribution in [-0.4, -0.2) is 33.1 Å². The molecule has 0 unspecified atom stereocenters. The Labute approximate surface area is 115 Å². The SMILES string of the molecule is C=CCNC(=O)C(=O)Nc1ccc(-n2cncn2)cc1. The molecule has 2 amide bonds. The monoisotopic (exact) mass is 271 g/mol. The van der Waals surface area contributed by atoms with Crippen LogP contribution in [0.5, 0.6) is 0 Å². The normalized spacial score (nSPS) is 9.80. The maximum Gasteiger partial charge on any atom is 0.313 e. The van der Waals surface area contributed by atoms with Gasteiger partial charge in [-0.1, -0.05) is 6.08 Å². The van der Waals surface area contributed by atoms with Crippen LogP contribution in [0.3, 0.4) is 0 Å². The molecular weight excluding hydrogens is 258 g/mol. The summed E-state index contributed by atoms with van der Waals surface area (Å²) >= 11 is 0. The number of hydrogen-bond acceptors (Lipinski definition) is 4. The number of benzene rings is 1. The Morgan fingerprint density at radius 2 is 2.00 bits per heavy atom. The molecule has 2 N–H and O–H groups in total. The lowest BCUT2D eigenvalue weighted by atomic mass is 10.3. The minimum atomic E-state index is -0.722. The maximum atomic E-state index is 11.5. The van der Waals surface area contributed by atoms with Crippen LogP contribution in [0.2, 0.25) is 0 Å². The highest BCUT2D eigenvalue weighted by molar-refractivity contribution is 6.39. The van der Waals surface area contributed by atoms with E-state index in [0.717, 1.165) is 5.69 Å². The van der Waals surface area contributed by atoms with E-state index in [2.05, 4.69) is 27.3 Å². The van der Waals surface area contributed by atoms with Crippen molar-refractivity contribution in [2.24, 2.45) is 0 Å². The third kappa shape index (κ3) is 3.29. The average molecular weight is 271 g/mol. The van der Waals surface area contributed by atoms with E-state index >= 15 is 0 Å². The summed E-state index contributed by atoms with van der Waals surface area (Å²) in [6, 6.07) is 6.86. The molecular formula is C13H13N5O2. The molecule has 0 saturated carbocycles. The van der Waals surface area contributed by atoms with Gasteiger partial charge < -0.3 is 10.6 Å². The number of aromatic nitrogens is 3. The number of amides is 2. The number of carbonyl (C=O) groups is 2. The fraction of sp³-hybridized carbons (Fsp3) is 0.0769. The molecule has 0 aliphatic rings. The van der Waals surface area contributed by atoms with Crippen LogP contribution in [0.15, 0.2) is 49.6 Å². The van der Waals surface area contributed by atoms with Crippen molar-refractivity contribution in [2.75, 3.05) is 11.9 Å². The Kier molecular flexibility index (Phi) is 4.23. The van der Waals surface area contributed by atoms with Crippen molar-refractivity contribution in [1.29, 1.82) is 0 Å². The second kappa shape index (κ2) is 6.28. The van der Waals surface area contributed by atoms with Crippen LogP contribution in [0.25, 0.3) is 5.69 Å². The molecule has 2 aromatic rings. The van der Waals surface area contributed by atoms with E-state index < -0.39 is 11.8 Å². The number of nitrogens with one attached hydrogen (secondary N) is 2. The molecule has 2 rings (SSSR count). The first-order valence-corrected chi connectivity index (χ1v) is 5.86. The number of rotatable bonds is 4. The minimum Gasteiger partial charge on any atom is -0.344 e. The summed E-state index contributed by atoms with van der Waals surface area (Å²) < 4.78 is 1.59. The van der Waals surface area contributed by atoms with Crippen molar-refractivity contribution in [1.82, 2.24) is 20.1 Å². The number of carbonyl (C=O) groups excluding carboxylic acids is 2. The zero-order valence-electron chi connectivity index (χ0n) is 10.6.